The van der Waals surface area contributed by atoms with Crippen LogP contribution in [0.2, 0.25) is 0 Å². The second-order valence-electron chi connectivity index (χ2n) is 10.6. The molecule has 5 heterocycles. The zero-order valence-corrected chi connectivity index (χ0v) is 23.5. The molecular formula is C30H32N8O4. The number of fused-ring (bicyclic) bond motifs is 1. The highest BCUT2D eigenvalue weighted by molar-refractivity contribution is 6.05. The van der Waals surface area contributed by atoms with Crippen LogP contribution in [0.4, 0.5) is 11.6 Å². The molecule has 3 aromatic rings. The molecule has 2 amide bonds. The van der Waals surface area contributed by atoms with Gasteiger partial charge in [-0.3, -0.25) is 14.7 Å². The number of ether oxygens (including phenoxy) is 2. The summed E-state index contributed by atoms with van der Waals surface area (Å²) in [5, 5.41) is 23.3. The quantitative estimate of drug-likeness (QED) is 0.199. The van der Waals surface area contributed by atoms with Crippen LogP contribution in [0.3, 0.4) is 0 Å². The molecule has 0 radical (unpaired) electrons. The maximum atomic E-state index is 13.0. The van der Waals surface area contributed by atoms with Gasteiger partial charge in [-0.25, -0.2) is 9.97 Å². The number of aromatic amines is 1. The SMILES string of the molecule is C=C/C(=C\C=C(/C)Oc1ccnc2[nH]nc(N[C@@H]3CCCN(C(=O)C4(C)COC4)C3)c12)C(=O)Nc1cc(C#N)ccn1. The number of carbonyl (C=O) groups excluding carboxylic acids is 2. The van der Waals surface area contributed by atoms with Gasteiger partial charge in [0, 0.05) is 43.2 Å². The number of piperidine rings is 1. The van der Waals surface area contributed by atoms with Gasteiger partial charge in [-0.15, -0.1) is 0 Å². The molecular weight excluding hydrogens is 536 g/mol. The number of amides is 2. The predicted molar refractivity (Wildman–Crippen MR) is 156 cm³/mol. The monoisotopic (exact) mass is 568 g/mol. The minimum Gasteiger partial charge on any atom is -0.461 e. The van der Waals surface area contributed by atoms with E-state index in [-0.39, 0.29) is 23.3 Å². The van der Waals surface area contributed by atoms with Crippen molar-refractivity contribution in [3.63, 3.8) is 0 Å². The summed E-state index contributed by atoms with van der Waals surface area (Å²) in [6.45, 7) is 9.68. The molecule has 1 atom stereocenters. The molecule has 0 aromatic carbocycles. The van der Waals surface area contributed by atoms with E-state index in [1.807, 2.05) is 17.9 Å². The van der Waals surface area contributed by atoms with E-state index in [0.717, 1.165) is 19.4 Å². The third-order valence-corrected chi connectivity index (χ3v) is 7.21. The van der Waals surface area contributed by atoms with Gasteiger partial charge >= 0.3 is 0 Å². The number of hydrogen-bond donors (Lipinski definition) is 3. The molecule has 3 N–H and O–H groups in total. The Hall–Kier alpha value is -5.02. The summed E-state index contributed by atoms with van der Waals surface area (Å²) in [5.41, 5.74) is 0.791. The van der Waals surface area contributed by atoms with Gasteiger partial charge in [0.25, 0.3) is 5.91 Å². The van der Waals surface area contributed by atoms with E-state index < -0.39 is 11.3 Å². The van der Waals surface area contributed by atoms with Crippen molar-refractivity contribution in [3.05, 3.63) is 72.3 Å². The molecule has 2 aliphatic heterocycles. The average Bonchev–Trinajstić information content (AvgIpc) is 3.39. The molecule has 42 heavy (non-hydrogen) atoms. The van der Waals surface area contributed by atoms with Gasteiger partial charge in [-0.2, -0.15) is 10.4 Å². The first-order chi connectivity index (χ1) is 20.3. The van der Waals surface area contributed by atoms with E-state index in [9.17, 15) is 9.59 Å². The summed E-state index contributed by atoms with van der Waals surface area (Å²) in [5.74, 6) is 1.60. The summed E-state index contributed by atoms with van der Waals surface area (Å²) in [6, 6.07) is 6.81. The molecule has 2 fully saturated rings. The van der Waals surface area contributed by atoms with Crippen molar-refractivity contribution in [2.24, 2.45) is 5.41 Å². The van der Waals surface area contributed by atoms with Crippen molar-refractivity contribution in [2.45, 2.75) is 32.7 Å². The standard InChI is InChI=1S/C30H32N8O4/c1-4-21(28(39)35-24-14-20(15-31)9-11-32-24)8-7-19(2)42-23-10-12-33-26-25(23)27(37-36-26)34-22-6-5-13-38(16-22)29(40)30(3)17-41-18-30/h4,7-12,14,22H,1,5-6,13,16-18H2,2-3H3,(H,32,35,39)(H2,33,34,36,37)/b19-7+,21-8+/t22-/m1/s1. The van der Waals surface area contributed by atoms with E-state index in [0.29, 0.717) is 53.7 Å². The minimum atomic E-state index is -0.435. The molecule has 0 saturated carbocycles. The van der Waals surface area contributed by atoms with Crippen molar-refractivity contribution >= 4 is 34.5 Å². The summed E-state index contributed by atoms with van der Waals surface area (Å²) in [6.07, 6.45) is 9.52. The number of pyridine rings is 2. The van der Waals surface area contributed by atoms with Gasteiger partial charge in [0.1, 0.15) is 22.7 Å². The number of likely N-dealkylation sites (tertiary alicyclic amines) is 1. The molecule has 0 bridgehead atoms. The number of carbonyl (C=O) groups is 2. The fourth-order valence-corrected chi connectivity index (χ4v) is 4.91. The zero-order valence-electron chi connectivity index (χ0n) is 23.5. The number of rotatable bonds is 9. The lowest BCUT2D eigenvalue weighted by Crippen LogP contribution is -2.56. The van der Waals surface area contributed by atoms with Crippen molar-refractivity contribution in [2.75, 3.05) is 36.9 Å². The Morgan fingerprint density at radius 2 is 2.10 bits per heavy atom. The van der Waals surface area contributed by atoms with Crippen molar-refractivity contribution in [1.29, 1.82) is 5.26 Å². The largest absolute Gasteiger partial charge is 0.461 e. The Labute approximate surface area is 243 Å². The summed E-state index contributed by atoms with van der Waals surface area (Å²) >= 11 is 0. The van der Waals surface area contributed by atoms with Crippen LogP contribution < -0.4 is 15.4 Å². The number of anilines is 2. The van der Waals surface area contributed by atoms with Crippen LogP contribution in [-0.2, 0) is 14.3 Å². The lowest BCUT2D eigenvalue weighted by Gasteiger charge is -2.43. The number of nitriles is 1. The van der Waals surface area contributed by atoms with E-state index in [1.54, 1.807) is 37.4 Å². The molecule has 2 saturated heterocycles. The molecule has 2 aliphatic rings. The Balaban J connectivity index is 1.28. The average molecular weight is 569 g/mol. The number of allylic oxidation sites excluding steroid dienone is 3. The first-order valence-corrected chi connectivity index (χ1v) is 13.6. The van der Waals surface area contributed by atoms with Crippen LogP contribution in [0.15, 0.2) is 66.7 Å². The Morgan fingerprint density at radius 1 is 1.29 bits per heavy atom. The highest BCUT2D eigenvalue weighted by Gasteiger charge is 2.44. The summed E-state index contributed by atoms with van der Waals surface area (Å²) in [4.78, 5) is 36.1. The fourth-order valence-electron chi connectivity index (χ4n) is 4.91. The van der Waals surface area contributed by atoms with Crippen LogP contribution in [0.5, 0.6) is 5.75 Å². The molecule has 0 unspecified atom stereocenters. The molecule has 3 aromatic heterocycles. The van der Waals surface area contributed by atoms with Crippen LogP contribution in [0.1, 0.15) is 32.3 Å². The minimum absolute atomic E-state index is 0.0171. The summed E-state index contributed by atoms with van der Waals surface area (Å²) in [7, 11) is 0. The second kappa shape index (κ2) is 12.2. The number of nitrogens with one attached hydrogen (secondary N) is 3. The van der Waals surface area contributed by atoms with Crippen LogP contribution in [0, 0.1) is 16.7 Å². The predicted octanol–water partition coefficient (Wildman–Crippen LogP) is 3.70. The Kier molecular flexibility index (Phi) is 8.31. The van der Waals surface area contributed by atoms with Gasteiger partial charge in [-0.1, -0.05) is 12.7 Å². The van der Waals surface area contributed by atoms with E-state index in [1.165, 1.54) is 18.3 Å². The van der Waals surface area contributed by atoms with Crippen molar-refractivity contribution in [1.82, 2.24) is 25.1 Å². The second-order valence-corrected chi connectivity index (χ2v) is 10.6. The molecule has 216 valence electrons. The summed E-state index contributed by atoms with van der Waals surface area (Å²) < 4.78 is 11.4. The fraction of sp³-hybridized carbons (Fsp3) is 0.333. The van der Waals surface area contributed by atoms with Gasteiger partial charge in [0.05, 0.1) is 30.3 Å². The first-order valence-electron chi connectivity index (χ1n) is 13.6. The number of H-pyrrole nitrogens is 1. The molecule has 12 nitrogen and oxygen atoms in total. The van der Waals surface area contributed by atoms with Crippen molar-refractivity contribution < 1.29 is 19.1 Å². The Morgan fingerprint density at radius 3 is 2.83 bits per heavy atom. The van der Waals surface area contributed by atoms with Crippen LogP contribution in [0.25, 0.3) is 11.0 Å². The maximum absolute atomic E-state index is 13.0. The number of hydrogen-bond acceptors (Lipinski definition) is 9. The van der Waals surface area contributed by atoms with Crippen molar-refractivity contribution in [3.8, 4) is 11.8 Å². The zero-order chi connectivity index (χ0) is 29.7. The number of aromatic nitrogens is 4. The van der Waals surface area contributed by atoms with Crippen LogP contribution >= 0.6 is 0 Å². The highest BCUT2D eigenvalue weighted by Crippen LogP contribution is 2.33. The van der Waals surface area contributed by atoms with Crippen LogP contribution in [-0.4, -0.2) is 69.2 Å². The maximum Gasteiger partial charge on any atom is 0.256 e. The number of nitrogens with zero attached hydrogens (tertiary/aromatic N) is 5. The molecule has 12 heteroatoms. The van der Waals surface area contributed by atoms with E-state index in [4.69, 9.17) is 14.7 Å². The lowest BCUT2D eigenvalue weighted by atomic mass is 9.86. The lowest BCUT2D eigenvalue weighted by molar-refractivity contribution is -0.169. The highest BCUT2D eigenvalue weighted by atomic mass is 16.5. The Bertz CT molecular complexity index is 1610. The molecule has 5 rings (SSSR count). The molecule has 0 spiro atoms. The van der Waals surface area contributed by atoms with Gasteiger partial charge in [-0.05, 0) is 51.0 Å². The van der Waals surface area contributed by atoms with E-state index >= 15 is 0 Å². The third kappa shape index (κ3) is 6.16. The first kappa shape index (κ1) is 28.5. The van der Waals surface area contributed by atoms with Gasteiger partial charge < -0.3 is 25.0 Å². The normalized spacial score (nSPS) is 18.5. The van der Waals surface area contributed by atoms with E-state index in [2.05, 4.69) is 37.4 Å². The topological polar surface area (TPSA) is 158 Å². The smallest absolute Gasteiger partial charge is 0.256 e. The third-order valence-electron chi connectivity index (χ3n) is 7.21. The van der Waals surface area contributed by atoms with Gasteiger partial charge in [0.15, 0.2) is 11.5 Å². The molecule has 0 aliphatic carbocycles. The van der Waals surface area contributed by atoms with Gasteiger partial charge in [0.2, 0.25) is 5.91 Å².